The number of nitrogens with one attached hydrogen (secondary N) is 2. The Kier molecular flexibility index (Phi) is 5.26. The standard InChI is InChI=1S/C23H28N2O3S/c1-23(2,3)16-11-20(29(4,5)6)18(12-19(16)26)25-22(28)15-13-24-17-10-8-7-9-14(17)21(15)27/h7-13,26H,1-6H3,(H,24,27)(H,25,28). The van der Waals surface area contributed by atoms with Gasteiger partial charge in [0.1, 0.15) is 11.3 Å². The van der Waals surface area contributed by atoms with E-state index < -0.39 is 15.9 Å². The lowest BCUT2D eigenvalue weighted by Gasteiger charge is -2.31. The SMILES string of the molecule is CC(C)(C)c1cc(S(C)(C)C)c(NC(=O)c2c[nH]c3ccccc3c2=O)cc1O. The van der Waals surface area contributed by atoms with Crippen molar-refractivity contribution in [1.29, 1.82) is 0 Å². The summed E-state index contributed by atoms with van der Waals surface area (Å²) in [4.78, 5) is 29.7. The molecule has 0 atom stereocenters. The van der Waals surface area contributed by atoms with Crippen LogP contribution in [0.25, 0.3) is 10.9 Å². The van der Waals surface area contributed by atoms with Crippen LogP contribution in [0.4, 0.5) is 5.69 Å². The van der Waals surface area contributed by atoms with Gasteiger partial charge in [-0.05, 0) is 42.4 Å². The summed E-state index contributed by atoms with van der Waals surface area (Å²) in [7, 11) is -1.22. The van der Waals surface area contributed by atoms with Crippen molar-refractivity contribution in [2.45, 2.75) is 31.1 Å². The van der Waals surface area contributed by atoms with E-state index in [0.717, 1.165) is 10.5 Å². The van der Waals surface area contributed by atoms with Crippen LogP contribution < -0.4 is 10.7 Å². The fourth-order valence-corrected chi connectivity index (χ4v) is 4.54. The number of aromatic hydroxyl groups is 1. The van der Waals surface area contributed by atoms with Crippen LogP contribution in [0.15, 0.2) is 52.3 Å². The summed E-state index contributed by atoms with van der Waals surface area (Å²) in [6.07, 6.45) is 7.83. The molecule has 1 aromatic heterocycles. The molecular weight excluding hydrogens is 384 g/mol. The number of benzene rings is 2. The number of phenols is 1. The van der Waals surface area contributed by atoms with E-state index in [0.29, 0.717) is 16.6 Å². The van der Waals surface area contributed by atoms with Crippen LogP contribution in [0.5, 0.6) is 5.75 Å². The smallest absolute Gasteiger partial charge is 0.261 e. The molecule has 0 unspecified atom stereocenters. The molecule has 0 radical (unpaired) electrons. The molecule has 0 saturated carbocycles. The number of aromatic nitrogens is 1. The van der Waals surface area contributed by atoms with Crippen molar-refractivity contribution >= 4 is 32.5 Å². The Bertz CT molecular complexity index is 1150. The van der Waals surface area contributed by atoms with Gasteiger partial charge < -0.3 is 15.4 Å². The second kappa shape index (κ2) is 7.26. The number of fused-ring (bicyclic) bond motifs is 1. The molecule has 0 aliphatic carbocycles. The fourth-order valence-electron chi connectivity index (χ4n) is 3.30. The van der Waals surface area contributed by atoms with Crippen molar-refractivity contribution in [3.63, 3.8) is 0 Å². The third-order valence-corrected chi connectivity index (χ3v) is 6.50. The van der Waals surface area contributed by atoms with E-state index in [4.69, 9.17) is 0 Å². The quantitative estimate of drug-likeness (QED) is 0.576. The average Bonchev–Trinajstić information content (AvgIpc) is 2.60. The van der Waals surface area contributed by atoms with Crippen LogP contribution >= 0.6 is 10.0 Å². The van der Waals surface area contributed by atoms with Crippen molar-refractivity contribution in [1.82, 2.24) is 4.98 Å². The van der Waals surface area contributed by atoms with E-state index in [-0.39, 0.29) is 22.2 Å². The minimum Gasteiger partial charge on any atom is -0.508 e. The molecule has 1 amide bonds. The lowest BCUT2D eigenvalue weighted by Crippen LogP contribution is -2.23. The van der Waals surface area contributed by atoms with Crippen molar-refractivity contribution in [3.8, 4) is 5.75 Å². The monoisotopic (exact) mass is 412 g/mol. The molecule has 2 aromatic carbocycles. The number of amides is 1. The van der Waals surface area contributed by atoms with Gasteiger partial charge in [-0.15, -0.1) is 0 Å². The molecule has 6 heteroatoms. The highest BCUT2D eigenvalue weighted by atomic mass is 32.3. The molecule has 0 aliphatic heterocycles. The summed E-state index contributed by atoms with van der Waals surface area (Å²) >= 11 is 0. The molecular formula is C23H28N2O3S. The summed E-state index contributed by atoms with van der Waals surface area (Å²) < 4.78 is 0. The number of rotatable bonds is 3. The van der Waals surface area contributed by atoms with Gasteiger partial charge in [-0.25, -0.2) is 10.0 Å². The van der Waals surface area contributed by atoms with Gasteiger partial charge >= 0.3 is 0 Å². The van der Waals surface area contributed by atoms with Gasteiger partial charge in [-0.2, -0.15) is 0 Å². The number of phenolic OH excluding ortho intramolecular Hbond substituents is 1. The Labute approximate surface area is 172 Å². The number of carbonyl (C=O) groups excluding carboxylic acids is 1. The maximum absolute atomic E-state index is 12.9. The van der Waals surface area contributed by atoms with Gasteiger partial charge in [-0.1, -0.05) is 32.9 Å². The molecule has 5 nitrogen and oxygen atoms in total. The second-order valence-corrected chi connectivity index (χ2v) is 13.1. The zero-order valence-corrected chi connectivity index (χ0v) is 18.5. The van der Waals surface area contributed by atoms with Crippen molar-refractivity contribution in [3.05, 3.63) is 63.9 Å². The Morgan fingerprint density at radius 3 is 2.38 bits per heavy atom. The van der Waals surface area contributed by atoms with E-state index in [9.17, 15) is 14.7 Å². The first-order chi connectivity index (χ1) is 13.4. The third-order valence-electron chi connectivity index (χ3n) is 4.85. The predicted molar refractivity (Wildman–Crippen MR) is 123 cm³/mol. The number of hydrogen-bond acceptors (Lipinski definition) is 3. The van der Waals surface area contributed by atoms with E-state index in [1.807, 2.05) is 32.9 Å². The van der Waals surface area contributed by atoms with Gasteiger partial charge in [0.2, 0.25) is 5.43 Å². The van der Waals surface area contributed by atoms with Gasteiger partial charge in [0.25, 0.3) is 5.91 Å². The first-order valence-electron chi connectivity index (χ1n) is 9.37. The molecule has 3 rings (SSSR count). The zero-order chi connectivity index (χ0) is 21.6. The van der Waals surface area contributed by atoms with Crippen LogP contribution in [-0.4, -0.2) is 34.8 Å². The minimum atomic E-state index is -1.22. The Morgan fingerprint density at radius 1 is 1.10 bits per heavy atom. The van der Waals surface area contributed by atoms with Crippen molar-refractivity contribution in [2.75, 3.05) is 24.1 Å². The number of carbonyl (C=O) groups is 1. The topological polar surface area (TPSA) is 82.2 Å². The number of para-hydroxylation sites is 1. The highest BCUT2D eigenvalue weighted by Crippen LogP contribution is 2.52. The molecule has 0 spiro atoms. The van der Waals surface area contributed by atoms with Crippen LogP contribution in [0.2, 0.25) is 0 Å². The lowest BCUT2D eigenvalue weighted by atomic mass is 9.86. The molecule has 1 heterocycles. The fraction of sp³-hybridized carbons (Fsp3) is 0.304. The van der Waals surface area contributed by atoms with Crippen molar-refractivity contribution in [2.24, 2.45) is 0 Å². The number of hydrogen-bond donors (Lipinski definition) is 3. The van der Waals surface area contributed by atoms with Crippen LogP contribution in [0, 0.1) is 0 Å². The van der Waals surface area contributed by atoms with E-state index in [1.165, 1.54) is 6.20 Å². The second-order valence-electron chi connectivity index (χ2n) is 8.98. The highest BCUT2D eigenvalue weighted by Gasteiger charge is 2.25. The maximum Gasteiger partial charge on any atom is 0.261 e. The first-order valence-corrected chi connectivity index (χ1v) is 12.2. The van der Waals surface area contributed by atoms with Crippen molar-refractivity contribution < 1.29 is 9.90 Å². The van der Waals surface area contributed by atoms with Gasteiger partial charge in [0, 0.05) is 33.6 Å². The van der Waals surface area contributed by atoms with Gasteiger partial charge in [0.15, 0.2) is 0 Å². The zero-order valence-electron chi connectivity index (χ0n) is 17.7. The van der Waals surface area contributed by atoms with Crippen LogP contribution in [0.3, 0.4) is 0 Å². The van der Waals surface area contributed by atoms with Gasteiger partial charge in [-0.3, -0.25) is 9.59 Å². The Balaban J connectivity index is 2.08. The molecule has 3 aromatic rings. The highest BCUT2D eigenvalue weighted by molar-refractivity contribution is 8.32. The Morgan fingerprint density at radius 2 is 1.76 bits per heavy atom. The molecule has 0 bridgehead atoms. The summed E-state index contributed by atoms with van der Waals surface area (Å²) in [5.74, 6) is -0.363. The summed E-state index contributed by atoms with van der Waals surface area (Å²) in [5, 5.41) is 13.9. The minimum absolute atomic E-state index is 0.0398. The molecule has 3 N–H and O–H groups in total. The Hall–Kier alpha value is -2.73. The number of H-pyrrole nitrogens is 1. The van der Waals surface area contributed by atoms with Crippen LogP contribution in [0.1, 0.15) is 36.7 Å². The third kappa shape index (κ3) is 4.17. The number of anilines is 1. The summed E-state index contributed by atoms with van der Waals surface area (Å²) in [5.41, 5.74) is 1.53. The average molecular weight is 413 g/mol. The van der Waals surface area contributed by atoms with Gasteiger partial charge in [0.05, 0.1) is 5.69 Å². The molecule has 0 fully saturated rings. The normalized spacial score (nSPS) is 12.8. The number of aromatic amines is 1. The molecule has 154 valence electrons. The van der Waals surface area contributed by atoms with E-state index in [2.05, 4.69) is 29.1 Å². The molecule has 29 heavy (non-hydrogen) atoms. The summed E-state index contributed by atoms with van der Waals surface area (Å²) in [6.45, 7) is 6.12. The predicted octanol–water partition coefficient (Wildman–Crippen LogP) is 4.84. The first kappa shape index (κ1) is 21.0. The van der Waals surface area contributed by atoms with E-state index in [1.54, 1.807) is 24.3 Å². The maximum atomic E-state index is 12.9. The number of pyridine rings is 1. The largest absolute Gasteiger partial charge is 0.508 e. The summed E-state index contributed by atoms with van der Waals surface area (Å²) in [6, 6.07) is 10.7. The van der Waals surface area contributed by atoms with E-state index >= 15 is 0 Å². The molecule has 0 saturated heterocycles. The van der Waals surface area contributed by atoms with Crippen LogP contribution in [-0.2, 0) is 5.41 Å². The lowest BCUT2D eigenvalue weighted by molar-refractivity contribution is 0.102. The molecule has 0 aliphatic rings.